The van der Waals surface area contributed by atoms with Crippen LogP contribution in [-0.4, -0.2) is 33.5 Å². The second-order valence-electron chi connectivity index (χ2n) is 8.11. The molecule has 4 nitrogen and oxygen atoms in total. The van der Waals surface area contributed by atoms with Gasteiger partial charge in [-0.2, -0.15) is 0 Å². The van der Waals surface area contributed by atoms with Gasteiger partial charge in [-0.15, -0.1) is 5.73 Å². The van der Waals surface area contributed by atoms with E-state index < -0.39 is 5.97 Å². The van der Waals surface area contributed by atoms with E-state index in [2.05, 4.69) is 5.73 Å². The summed E-state index contributed by atoms with van der Waals surface area (Å²) in [5.74, 6) is 0.396. The smallest absolute Gasteiger partial charge is 0.303 e. The average molecular weight is 346 g/mol. The van der Waals surface area contributed by atoms with Gasteiger partial charge in [0.1, 0.15) is 0 Å². The van der Waals surface area contributed by atoms with Crippen molar-refractivity contribution in [2.24, 2.45) is 23.7 Å². The van der Waals surface area contributed by atoms with Gasteiger partial charge in [0.05, 0.1) is 12.2 Å². The van der Waals surface area contributed by atoms with Crippen LogP contribution >= 0.6 is 0 Å². The van der Waals surface area contributed by atoms with Gasteiger partial charge in [-0.25, -0.2) is 0 Å². The fourth-order valence-electron chi connectivity index (χ4n) is 4.75. The molecule has 0 aromatic heterocycles. The highest BCUT2D eigenvalue weighted by molar-refractivity contribution is 5.67. The lowest BCUT2D eigenvalue weighted by Gasteiger charge is -2.34. The van der Waals surface area contributed by atoms with Gasteiger partial charge in [0, 0.05) is 12.3 Å². The van der Waals surface area contributed by atoms with Crippen LogP contribution < -0.4 is 0 Å². The average Bonchev–Trinajstić information content (AvgIpc) is 3.17. The minimum absolute atomic E-state index is 0.115. The Balaban J connectivity index is 1.58. The molecule has 0 amide bonds. The number of carboxylic acid groups (broad SMARTS) is 1. The Hall–Kier alpha value is -1.35. The minimum atomic E-state index is -0.778. The van der Waals surface area contributed by atoms with E-state index in [9.17, 15) is 15.0 Å². The first kappa shape index (κ1) is 18.4. The van der Waals surface area contributed by atoms with Crippen molar-refractivity contribution in [3.63, 3.8) is 0 Å². The van der Waals surface area contributed by atoms with Crippen molar-refractivity contribution in [1.29, 1.82) is 0 Å². The largest absolute Gasteiger partial charge is 0.481 e. The predicted molar refractivity (Wildman–Crippen MR) is 95.9 cm³/mol. The summed E-state index contributed by atoms with van der Waals surface area (Å²) < 4.78 is 0. The first-order chi connectivity index (χ1) is 12.0. The Kier molecular flexibility index (Phi) is 5.83. The Morgan fingerprint density at radius 2 is 2.04 bits per heavy atom. The van der Waals surface area contributed by atoms with Gasteiger partial charge in [0.25, 0.3) is 0 Å². The van der Waals surface area contributed by atoms with E-state index in [-0.39, 0.29) is 24.5 Å². The van der Waals surface area contributed by atoms with Gasteiger partial charge in [-0.3, -0.25) is 4.79 Å². The van der Waals surface area contributed by atoms with E-state index in [1.807, 2.05) is 19.1 Å². The van der Waals surface area contributed by atoms with Crippen LogP contribution in [0.4, 0.5) is 0 Å². The molecule has 4 heteroatoms. The molecule has 3 fully saturated rings. The molecule has 138 valence electrons. The topological polar surface area (TPSA) is 77.8 Å². The normalized spacial score (nSPS) is 33.2. The summed E-state index contributed by atoms with van der Waals surface area (Å²) in [5, 5.41) is 29.6. The molecule has 3 rings (SSSR count). The monoisotopic (exact) mass is 346 g/mol. The maximum atomic E-state index is 10.7. The van der Waals surface area contributed by atoms with E-state index in [1.54, 1.807) is 0 Å². The fraction of sp³-hybridized carbons (Fsp3) is 0.714. The number of rotatable bonds is 6. The number of aliphatic carboxylic acids is 1. The van der Waals surface area contributed by atoms with Crippen molar-refractivity contribution in [1.82, 2.24) is 0 Å². The number of aliphatic hydroxyl groups is 2. The summed E-state index contributed by atoms with van der Waals surface area (Å²) in [7, 11) is 0. The molecule has 3 saturated carbocycles. The predicted octanol–water partition coefficient (Wildman–Crippen LogP) is 3.45. The second kappa shape index (κ2) is 7.90. The highest BCUT2D eigenvalue weighted by atomic mass is 16.4. The van der Waals surface area contributed by atoms with Crippen LogP contribution in [0.3, 0.4) is 0 Å². The molecule has 0 radical (unpaired) electrons. The number of fused-ring (bicyclic) bond motifs is 1. The molecule has 0 aromatic carbocycles. The summed E-state index contributed by atoms with van der Waals surface area (Å²) in [4.78, 5) is 10.7. The first-order valence-corrected chi connectivity index (χ1v) is 9.67. The molecule has 0 bridgehead atoms. The lowest BCUT2D eigenvalue weighted by atomic mass is 9.71. The lowest BCUT2D eigenvalue weighted by Crippen LogP contribution is -2.31. The van der Waals surface area contributed by atoms with Crippen LogP contribution in [0.25, 0.3) is 0 Å². The van der Waals surface area contributed by atoms with Crippen molar-refractivity contribution in [2.75, 3.05) is 0 Å². The molecule has 3 aliphatic rings. The van der Waals surface area contributed by atoms with Crippen LogP contribution in [0.5, 0.6) is 0 Å². The molecular weight excluding hydrogens is 316 g/mol. The van der Waals surface area contributed by atoms with E-state index in [0.29, 0.717) is 24.2 Å². The third-order valence-corrected chi connectivity index (χ3v) is 6.35. The number of carbonyl (C=O) groups is 1. The number of aliphatic hydroxyl groups excluding tert-OH is 2. The first-order valence-electron chi connectivity index (χ1n) is 9.67. The third kappa shape index (κ3) is 4.25. The SMILES string of the molecule is CC(=C=C1CC2C1CC(C=CC(O)C1CCCC1)C2O)CCC(=O)O. The zero-order chi connectivity index (χ0) is 18.0. The third-order valence-electron chi connectivity index (χ3n) is 6.35. The Morgan fingerprint density at radius 3 is 2.72 bits per heavy atom. The minimum Gasteiger partial charge on any atom is -0.481 e. The highest BCUT2D eigenvalue weighted by Crippen LogP contribution is 2.53. The molecule has 0 saturated heterocycles. The molecule has 0 spiro atoms. The molecular formula is C21H30O4. The van der Waals surface area contributed by atoms with Crippen molar-refractivity contribution >= 4 is 5.97 Å². The highest BCUT2D eigenvalue weighted by Gasteiger charge is 2.49. The summed E-state index contributed by atoms with van der Waals surface area (Å²) in [5.41, 5.74) is 5.60. The lowest BCUT2D eigenvalue weighted by molar-refractivity contribution is -0.136. The molecule has 5 unspecified atom stereocenters. The summed E-state index contributed by atoms with van der Waals surface area (Å²) >= 11 is 0. The standard InChI is InChI=1S/C21H30O4/c1-13(6-9-20(23)24)10-16-12-18-17(16)11-15(21(18)25)7-8-19(22)14-4-2-3-5-14/h7-8,14-15,17-19,21-22,25H,2-6,9,11-12H2,1H3,(H,23,24). The zero-order valence-electron chi connectivity index (χ0n) is 15.0. The number of hydrogen-bond donors (Lipinski definition) is 3. The van der Waals surface area contributed by atoms with Crippen molar-refractivity contribution in [2.45, 2.75) is 70.5 Å². The molecule has 3 aliphatic carbocycles. The summed E-state index contributed by atoms with van der Waals surface area (Å²) in [6.45, 7) is 1.93. The Labute approximate surface area is 149 Å². The Bertz CT molecular complexity index is 593. The molecule has 0 aromatic rings. The van der Waals surface area contributed by atoms with Crippen molar-refractivity contribution in [3.8, 4) is 0 Å². The van der Waals surface area contributed by atoms with Gasteiger partial charge in [0.15, 0.2) is 0 Å². The number of hydrogen-bond acceptors (Lipinski definition) is 3. The van der Waals surface area contributed by atoms with Crippen LogP contribution in [-0.2, 0) is 4.79 Å². The maximum Gasteiger partial charge on any atom is 0.303 e. The van der Waals surface area contributed by atoms with Crippen LogP contribution in [0.1, 0.15) is 58.3 Å². The van der Waals surface area contributed by atoms with Crippen molar-refractivity contribution in [3.05, 3.63) is 29.0 Å². The van der Waals surface area contributed by atoms with E-state index in [1.165, 1.54) is 18.4 Å². The Morgan fingerprint density at radius 1 is 1.32 bits per heavy atom. The maximum absolute atomic E-state index is 10.7. The van der Waals surface area contributed by atoms with E-state index >= 15 is 0 Å². The van der Waals surface area contributed by atoms with Crippen LogP contribution in [0.15, 0.2) is 29.0 Å². The van der Waals surface area contributed by atoms with E-state index in [4.69, 9.17) is 5.11 Å². The van der Waals surface area contributed by atoms with Gasteiger partial charge < -0.3 is 15.3 Å². The molecule has 0 aliphatic heterocycles. The van der Waals surface area contributed by atoms with Gasteiger partial charge in [-0.1, -0.05) is 25.0 Å². The van der Waals surface area contributed by atoms with Crippen molar-refractivity contribution < 1.29 is 20.1 Å². The van der Waals surface area contributed by atoms with E-state index in [0.717, 1.165) is 31.3 Å². The molecule has 25 heavy (non-hydrogen) atoms. The zero-order valence-corrected chi connectivity index (χ0v) is 15.0. The number of carboxylic acids is 1. The van der Waals surface area contributed by atoms with Gasteiger partial charge in [0.2, 0.25) is 0 Å². The summed E-state index contributed by atoms with van der Waals surface area (Å²) in [6, 6.07) is 0. The van der Waals surface area contributed by atoms with Gasteiger partial charge in [-0.05, 0) is 67.9 Å². The molecule has 0 heterocycles. The second-order valence-corrected chi connectivity index (χ2v) is 8.11. The van der Waals surface area contributed by atoms with Crippen LogP contribution in [0, 0.1) is 23.7 Å². The van der Waals surface area contributed by atoms with Crippen LogP contribution in [0.2, 0.25) is 0 Å². The van der Waals surface area contributed by atoms with Gasteiger partial charge >= 0.3 is 5.97 Å². The number of allylic oxidation sites excluding steroid dienone is 1. The fourth-order valence-corrected chi connectivity index (χ4v) is 4.75. The quantitative estimate of drug-likeness (QED) is 0.508. The molecule has 5 atom stereocenters. The summed E-state index contributed by atoms with van der Waals surface area (Å²) in [6.07, 6.45) is 10.3. The molecule has 3 N–H and O–H groups in total.